The van der Waals surface area contributed by atoms with Crippen molar-refractivity contribution in [2.24, 2.45) is 10.7 Å². The highest BCUT2D eigenvalue weighted by molar-refractivity contribution is 14.0. The fraction of sp³-hybridized carbons (Fsp3) is 0.476. The number of amides is 1. The van der Waals surface area contributed by atoms with Gasteiger partial charge in [0, 0.05) is 45.3 Å². The Bertz CT molecular complexity index is 864. The molecule has 0 unspecified atom stereocenters. The molecule has 1 aromatic heterocycles. The molecule has 1 amide bonds. The van der Waals surface area contributed by atoms with E-state index in [2.05, 4.69) is 27.2 Å². The number of benzene rings is 1. The number of carbonyl (C=O) groups is 1. The van der Waals surface area contributed by atoms with E-state index >= 15 is 0 Å². The van der Waals surface area contributed by atoms with Crippen molar-refractivity contribution >= 4 is 35.8 Å². The van der Waals surface area contributed by atoms with Crippen LogP contribution in [0.4, 0.5) is 0 Å². The summed E-state index contributed by atoms with van der Waals surface area (Å²) >= 11 is 0. The van der Waals surface area contributed by atoms with Gasteiger partial charge < -0.3 is 25.2 Å². The number of aromatic nitrogens is 1. The highest BCUT2D eigenvalue weighted by Crippen LogP contribution is 2.15. The van der Waals surface area contributed by atoms with Gasteiger partial charge >= 0.3 is 0 Å². The van der Waals surface area contributed by atoms with E-state index in [1.54, 1.807) is 6.07 Å². The highest BCUT2D eigenvalue weighted by Gasteiger charge is 2.20. The summed E-state index contributed by atoms with van der Waals surface area (Å²) in [5, 5.41) is 7.47. The predicted molar refractivity (Wildman–Crippen MR) is 129 cm³/mol. The van der Waals surface area contributed by atoms with E-state index < -0.39 is 5.91 Å². The third-order valence-electron chi connectivity index (χ3n) is 4.76. The van der Waals surface area contributed by atoms with Gasteiger partial charge in [0.2, 0.25) is 0 Å². The number of nitrogens with one attached hydrogen (secondary N) is 1. The number of guanidine groups is 1. The summed E-state index contributed by atoms with van der Waals surface area (Å²) in [6, 6.07) is 9.55. The topological polar surface area (TPSA) is 109 Å². The summed E-state index contributed by atoms with van der Waals surface area (Å²) in [6.07, 6.45) is 0. The summed E-state index contributed by atoms with van der Waals surface area (Å²) in [5.74, 6) is 1.86. The SMILES string of the molecule is CCNC(=NCc1cccc(OCC(N)=O)c1)N1CCN(Cc2cc(C)on2)CC1.I. The maximum Gasteiger partial charge on any atom is 0.255 e. The van der Waals surface area contributed by atoms with Gasteiger partial charge in [0.1, 0.15) is 11.5 Å². The summed E-state index contributed by atoms with van der Waals surface area (Å²) in [6.45, 7) is 9.64. The predicted octanol–water partition coefficient (Wildman–Crippen LogP) is 1.75. The van der Waals surface area contributed by atoms with Gasteiger partial charge in [0.05, 0.1) is 12.2 Å². The normalized spacial score (nSPS) is 14.8. The molecule has 0 atom stereocenters. The van der Waals surface area contributed by atoms with Gasteiger partial charge in [-0.3, -0.25) is 9.69 Å². The fourth-order valence-corrected chi connectivity index (χ4v) is 3.32. The van der Waals surface area contributed by atoms with Gasteiger partial charge in [-0.05, 0) is 31.5 Å². The molecule has 0 bridgehead atoms. The van der Waals surface area contributed by atoms with Crippen LogP contribution in [0.25, 0.3) is 0 Å². The minimum atomic E-state index is -0.495. The number of hydrogen-bond donors (Lipinski definition) is 2. The van der Waals surface area contributed by atoms with Gasteiger partial charge in [-0.1, -0.05) is 17.3 Å². The Morgan fingerprint density at radius 1 is 1.29 bits per heavy atom. The molecule has 1 fully saturated rings. The molecule has 0 aliphatic carbocycles. The van der Waals surface area contributed by atoms with Gasteiger partial charge in [-0.15, -0.1) is 24.0 Å². The second-order valence-corrected chi connectivity index (χ2v) is 7.26. The van der Waals surface area contributed by atoms with Crippen molar-refractivity contribution in [2.45, 2.75) is 26.9 Å². The second-order valence-electron chi connectivity index (χ2n) is 7.26. The molecular formula is C21H31IN6O3. The molecule has 1 aromatic carbocycles. The van der Waals surface area contributed by atoms with E-state index in [-0.39, 0.29) is 30.6 Å². The number of ether oxygens (including phenoxy) is 1. The quantitative estimate of drug-likeness (QED) is 0.297. The average molecular weight is 542 g/mol. The number of aryl methyl sites for hydroxylation is 1. The van der Waals surface area contributed by atoms with Crippen LogP contribution in [0.3, 0.4) is 0 Å². The third kappa shape index (κ3) is 8.02. The van der Waals surface area contributed by atoms with E-state index in [1.807, 2.05) is 31.2 Å². The molecule has 3 rings (SSSR count). The smallest absolute Gasteiger partial charge is 0.255 e. The lowest BCUT2D eigenvalue weighted by atomic mass is 10.2. The largest absolute Gasteiger partial charge is 0.484 e. The standard InChI is InChI=1S/C21H30N6O3.HI/c1-3-23-21(24-13-17-5-4-6-19(12-17)29-15-20(22)28)27-9-7-26(8-10-27)14-18-11-16(2)30-25-18;/h4-6,11-12H,3,7-10,13-15H2,1-2H3,(H2,22,28)(H,23,24);1H. The molecule has 31 heavy (non-hydrogen) atoms. The van der Waals surface area contributed by atoms with Gasteiger partial charge in [-0.2, -0.15) is 0 Å². The van der Waals surface area contributed by atoms with E-state index in [1.165, 1.54) is 0 Å². The van der Waals surface area contributed by atoms with Crippen LogP contribution in [0.1, 0.15) is 23.9 Å². The van der Waals surface area contributed by atoms with Gasteiger partial charge in [0.25, 0.3) is 5.91 Å². The number of carbonyl (C=O) groups excluding carboxylic acids is 1. The Morgan fingerprint density at radius 3 is 2.71 bits per heavy atom. The monoisotopic (exact) mass is 542 g/mol. The van der Waals surface area contributed by atoms with Crippen LogP contribution in [-0.4, -0.2) is 66.2 Å². The van der Waals surface area contributed by atoms with E-state index in [0.29, 0.717) is 12.3 Å². The van der Waals surface area contributed by atoms with Crippen LogP contribution >= 0.6 is 24.0 Å². The van der Waals surface area contributed by atoms with Gasteiger partial charge in [0.15, 0.2) is 12.6 Å². The van der Waals surface area contributed by atoms with Crippen molar-refractivity contribution in [1.82, 2.24) is 20.3 Å². The van der Waals surface area contributed by atoms with Crippen molar-refractivity contribution in [1.29, 1.82) is 0 Å². The van der Waals surface area contributed by atoms with E-state index in [4.69, 9.17) is 20.0 Å². The number of primary amides is 1. The molecule has 10 heteroatoms. The molecule has 9 nitrogen and oxygen atoms in total. The molecule has 170 valence electrons. The van der Waals surface area contributed by atoms with Gasteiger partial charge in [-0.25, -0.2) is 4.99 Å². The number of nitrogens with two attached hydrogens (primary N) is 1. The van der Waals surface area contributed by atoms with Crippen LogP contribution in [-0.2, 0) is 17.9 Å². The minimum Gasteiger partial charge on any atom is -0.484 e. The Hall–Kier alpha value is -2.34. The lowest BCUT2D eigenvalue weighted by molar-refractivity contribution is -0.119. The Kier molecular flexibility index (Phi) is 10.0. The number of piperazine rings is 1. The summed E-state index contributed by atoms with van der Waals surface area (Å²) in [7, 11) is 0. The van der Waals surface area contributed by atoms with Crippen molar-refractivity contribution in [3.05, 3.63) is 47.3 Å². The van der Waals surface area contributed by atoms with E-state index in [0.717, 1.165) is 62.2 Å². The molecule has 0 saturated carbocycles. The van der Waals surface area contributed by atoms with Crippen molar-refractivity contribution in [3.8, 4) is 5.75 Å². The first kappa shape index (κ1) is 24.9. The fourth-order valence-electron chi connectivity index (χ4n) is 3.32. The molecule has 0 spiro atoms. The summed E-state index contributed by atoms with van der Waals surface area (Å²) < 4.78 is 10.5. The summed E-state index contributed by atoms with van der Waals surface area (Å²) in [4.78, 5) is 20.3. The lowest BCUT2D eigenvalue weighted by Crippen LogP contribution is -2.52. The molecule has 1 aliphatic rings. The zero-order valence-corrected chi connectivity index (χ0v) is 20.4. The highest BCUT2D eigenvalue weighted by atomic mass is 127. The number of rotatable bonds is 8. The van der Waals surface area contributed by atoms with Crippen LogP contribution < -0.4 is 15.8 Å². The van der Waals surface area contributed by atoms with Crippen molar-refractivity contribution in [2.75, 3.05) is 39.3 Å². The average Bonchev–Trinajstić information content (AvgIpc) is 3.15. The molecule has 2 heterocycles. The molecule has 1 saturated heterocycles. The third-order valence-corrected chi connectivity index (χ3v) is 4.76. The van der Waals surface area contributed by atoms with Crippen molar-refractivity contribution < 1.29 is 14.1 Å². The molecule has 2 aromatic rings. The molecule has 0 radical (unpaired) electrons. The van der Waals surface area contributed by atoms with Crippen molar-refractivity contribution in [3.63, 3.8) is 0 Å². The Labute approximate surface area is 200 Å². The maximum absolute atomic E-state index is 10.9. The summed E-state index contributed by atoms with van der Waals surface area (Å²) in [5.41, 5.74) is 7.11. The number of aliphatic imine (C=N–C) groups is 1. The number of hydrogen-bond acceptors (Lipinski definition) is 6. The Balaban J connectivity index is 0.00000341. The zero-order chi connectivity index (χ0) is 21.3. The van der Waals surface area contributed by atoms with E-state index in [9.17, 15) is 4.79 Å². The first-order valence-corrected chi connectivity index (χ1v) is 10.2. The van der Waals surface area contributed by atoms with Crippen LogP contribution in [0.15, 0.2) is 39.8 Å². The zero-order valence-electron chi connectivity index (χ0n) is 18.0. The molecule has 3 N–H and O–H groups in total. The minimum absolute atomic E-state index is 0. The Morgan fingerprint density at radius 2 is 2.06 bits per heavy atom. The molecular weight excluding hydrogens is 511 g/mol. The second kappa shape index (κ2) is 12.5. The first-order valence-electron chi connectivity index (χ1n) is 10.2. The maximum atomic E-state index is 10.9. The number of halogens is 1. The number of nitrogens with zero attached hydrogens (tertiary/aromatic N) is 4. The van der Waals surface area contributed by atoms with Crippen LogP contribution in [0.2, 0.25) is 0 Å². The molecule has 1 aliphatic heterocycles. The first-order chi connectivity index (χ1) is 14.5. The lowest BCUT2D eigenvalue weighted by Gasteiger charge is -2.36. The van der Waals surface area contributed by atoms with Crippen LogP contribution in [0, 0.1) is 6.92 Å². The van der Waals surface area contributed by atoms with Crippen LogP contribution in [0.5, 0.6) is 5.75 Å².